The van der Waals surface area contributed by atoms with Gasteiger partial charge in [-0.3, -0.25) is 0 Å². The highest BCUT2D eigenvalue weighted by atomic mass is 16.5. The van der Waals surface area contributed by atoms with Crippen LogP contribution in [0.2, 0.25) is 0 Å². The van der Waals surface area contributed by atoms with Gasteiger partial charge in [-0.25, -0.2) is 0 Å². The summed E-state index contributed by atoms with van der Waals surface area (Å²) in [4.78, 5) is 0. The topological polar surface area (TPSA) is 9.23 Å². The van der Waals surface area contributed by atoms with E-state index in [0.717, 1.165) is 18.4 Å². The molecule has 0 N–H and O–H groups in total. The molecule has 1 rings (SSSR count). The van der Waals surface area contributed by atoms with Crippen molar-refractivity contribution in [3.8, 4) is 0 Å². The molecule has 0 saturated heterocycles. The summed E-state index contributed by atoms with van der Waals surface area (Å²) in [6.07, 6.45) is 8.66. The summed E-state index contributed by atoms with van der Waals surface area (Å²) < 4.78 is 5.83. The maximum Gasteiger partial charge on any atom is 0.0598 e. The van der Waals surface area contributed by atoms with Crippen molar-refractivity contribution in [2.24, 2.45) is 11.8 Å². The fourth-order valence-corrected chi connectivity index (χ4v) is 2.45. The lowest BCUT2D eigenvalue weighted by molar-refractivity contribution is -0.0235. The highest BCUT2D eigenvalue weighted by molar-refractivity contribution is 4.69. The molecule has 0 bridgehead atoms. The normalized spacial score (nSPS) is 19.4. The zero-order chi connectivity index (χ0) is 13.3. The Morgan fingerprint density at radius 3 is 2.06 bits per heavy atom. The maximum atomic E-state index is 5.83. The van der Waals surface area contributed by atoms with Gasteiger partial charge >= 0.3 is 0 Å². The zero-order valence-corrected chi connectivity index (χ0v) is 13.0. The first-order valence-electron chi connectivity index (χ1n) is 7.61. The third kappa shape index (κ3) is 9.64. The van der Waals surface area contributed by atoms with Gasteiger partial charge in [-0.05, 0) is 39.0 Å². The summed E-state index contributed by atoms with van der Waals surface area (Å²) in [6.45, 7) is 13.7. The molecule has 0 spiro atoms. The van der Waals surface area contributed by atoms with Crippen LogP contribution in [0.3, 0.4) is 0 Å². The second kappa shape index (κ2) is 8.97. The molecule has 0 aliphatic heterocycles. The molecular weight excluding hydrogens is 208 g/mol. The lowest BCUT2D eigenvalue weighted by Gasteiger charge is -2.27. The van der Waals surface area contributed by atoms with Crippen molar-refractivity contribution < 1.29 is 4.74 Å². The second-order valence-electron chi connectivity index (χ2n) is 6.27. The molecule has 1 saturated carbocycles. The van der Waals surface area contributed by atoms with Crippen LogP contribution in [-0.2, 0) is 4.74 Å². The average Bonchev–Trinajstić information content (AvgIpc) is 2.30. The molecule has 1 atom stereocenters. The number of ether oxygens (including phenoxy) is 1. The van der Waals surface area contributed by atoms with Crippen LogP contribution < -0.4 is 0 Å². The summed E-state index contributed by atoms with van der Waals surface area (Å²) in [5.74, 6) is 1.71. The van der Waals surface area contributed by atoms with Crippen molar-refractivity contribution in [1.82, 2.24) is 0 Å². The molecule has 0 aromatic carbocycles. The van der Waals surface area contributed by atoms with Gasteiger partial charge < -0.3 is 4.74 Å². The van der Waals surface area contributed by atoms with E-state index >= 15 is 0 Å². The second-order valence-corrected chi connectivity index (χ2v) is 6.27. The molecule has 0 radical (unpaired) electrons. The molecule has 0 heterocycles. The molecule has 104 valence electrons. The van der Waals surface area contributed by atoms with E-state index in [1.807, 2.05) is 13.8 Å². The molecule has 0 aromatic heterocycles. The molecule has 1 nitrogen and oxygen atoms in total. The fraction of sp³-hybridized carbons (Fsp3) is 1.00. The quantitative estimate of drug-likeness (QED) is 0.638. The van der Waals surface area contributed by atoms with Gasteiger partial charge in [-0.2, -0.15) is 0 Å². The monoisotopic (exact) mass is 242 g/mol. The third-order valence-corrected chi connectivity index (χ3v) is 3.26. The van der Waals surface area contributed by atoms with Crippen molar-refractivity contribution in [3.63, 3.8) is 0 Å². The first-order valence-corrected chi connectivity index (χ1v) is 7.61. The van der Waals surface area contributed by atoms with Crippen LogP contribution in [-0.4, -0.2) is 12.2 Å². The molecule has 1 fully saturated rings. The van der Waals surface area contributed by atoms with Gasteiger partial charge in [-0.15, -0.1) is 0 Å². The molecule has 1 unspecified atom stereocenters. The van der Waals surface area contributed by atoms with Gasteiger partial charge in [0.25, 0.3) is 0 Å². The van der Waals surface area contributed by atoms with E-state index in [4.69, 9.17) is 4.74 Å². The number of hydrogen-bond acceptors (Lipinski definition) is 1. The van der Waals surface area contributed by atoms with Crippen LogP contribution in [0.1, 0.15) is 80.1 Å². The van der Waals surface area contributed by atoms with E-state index in [1.54, 1.807) is 0 Å². The largest absolute Gasteiger partial charge is 0.376 e. The summed E-state index contributed by atoms with van der Waals surface area (Å²) in [5, 5.41) is 0. The van der Waals surface area contributed by atoms with Crippen LogP contribution in [0.5, 0.6) is 0 Å². The number of hydrogen-bond donors (Lipinski definition) is 0. The lowest BCUT2D eigenvalue weighted by Crippen LogP contribution is -2.24. The highest BCUT2D eigenvalue weighted by Crippen LogP contribution is 2.29. The van der Waals surface area contributed by atoms with Crippen LogP contribution in [0.4, 0.5) is 0 Å². The summed E-state index contributed by atoms with van der Waals surface area (Å²) in [6, 6.07) is 0. The van der Waals surface area contributed by atoms with Gasteiger partial charge in [0.2, 0.25) is 0 Å². The van der Waals surface area contributed by atoms with Gasteiger partial charge in [0.05, 0.1) is 5.60 Å². The zero-order valence-electron chi connectivity index (χ0n) is 13.0. The highest BCUT2D eigenvalue weighted by Gasteiger charge is 2.18. The Labute approximate surface area is 109 Å². The molecular formula is C16H34O. The predicted octanol–water partition coefficient (Wildman–Crippen LogP) is 5.43. The Morgan fingerprint density at radius 1 is 1.06 bits per heavy atom. The minimum absolute atomic E-state index is 0.0286. The molecule has 1 aliphatic carbocycles. The van der Waals surface area contributed by atoms with Crippen molar-refractivity contribution in [2.45, 2.75) is 85.7 Å². The number of rotatable bonds is 4. The first-order chi connectivity index (χ1) is 7.97. The van der Waals surface area contributed by atoms with Crippen LogP contribution in [0, 0.1) is 11.8 Å². The minimum Gasteiger partial charge on any atom is -0.376 e. The summed E-state index contributed by atoms with van der Waals surface area (Å²) in [5.41, 5.74) is 0.0286. The van der Waals surface area contributed by atoms with Gasteiger partial charge in [0.1, 0.15) is 0 Å². The molecule has 0 aromatic rings. The van der Waals surface area contributed by atoms with Crippen molar-refractivity contribution in [3.05, 3.63) is 0 Å². The minimum atomic E-state index is 0.0286. The van der Waals surface area contributed by atoms with E-state index < -0.39 is 0 Å². The van der Waals surface area contributed by atoms with Crippen molar-refractivity contribution in [1.29, 1.82) is 0 Å². The smallest absolute Gasteiger partial charge is 0.0598 e. The van der Waals surface area contributed by atoms with E-state index in [1.165, 1.54) is 38.5 Å². The standard InChI is InChI=1S/C14H28O.C2H6/c1-12(11-15-14(2,3)4)10-13-8-6-5-7-9-13;1-2/h12-13H,5-11H2,1-4H3;1-2H3. The van der Waals surface area contributed by atoms with Crippen molar-refractivity contribution in [2.75, 3.05) is 6.61 Å². The molecule has 0 amide bonds. The van der Waals surface area contributed by atoms with E-state index in [9.17, 15) is 0 Å². The summed E-state index contributed by atoms with van der Waals surface area (Å²) in [7, 11) is 0. The van der Waals surface area contributed by atoms with E-state index in [0.29, 0.717) is 0 Å². The van der Waals surface area contributed by atoms with Crippen LogP contribution in [0.15, 0.2) is 0 Å². The molecule has 1 heteroatoms. The maximum absolute atomic E-state index is 5.83. The Balaban J connectivity index is 0.00000121. The Bertz CT molecular complexity index is 163. The SMILES string of the molecule is CC.CC(COC(C)(C)C)CC1CCCCC1. The van der Waals surface area contributed by atoms with Gasteiger partial charge in [0, 0.05) is 6.61 Å². The lowest BCUT2D eigenvalue weighted by atomic mass is 9.83. The Kier molecular flexibility index (Phi) is 8.94. The third-order valence-electron chi connectivity index (χ3n) is 3.26. The molecule has 1 aliphatic rings. The Hall–Kier alpha value is -0.0400. The first kappa shape index (κ1) is 17.0. The summed E-state index contributed by atoms with van der Waals surface area (Å²) >= 11 is 0. The Morgan fingerprint density at radius 2 is 1.59 bits per heavy atom. The van der Waals surface area contributed by atoms with Gasteiger partial charge in [-0.1, -0.05) is 52.9 Å². The van der Waals surface area contributed by atoms with E-state index in [2.05, 4.69) is 27.7 Å². The van der Waals surface area contributed by atoms with Crippen molar-refractivity contribution >= 4 is 0 Å². The fourth-order valence-electron chi connectivity index (χ4n) is 2.45. The van der Waals surface area contributed by atoms with Crippen LogP contribution >= 0.6 is 0 Å². The molecule has 17 heavy (non-hydrogen) atoms. The van der Waals surface area contributed by atoms with Gasteiger partial charge in [0.15, 0.2) is 0 Å². The predicted molar refractivity (Wildman–Crippen MR) is 77.4 cm³/mol. The van der Waals surface area contributed by atoms with E-state index in [-0.39, 0.29) is 5.60 Å². The van der Waals surface area contributed by atoms with Crippen LogP contribution in [0.25, 0.3) is 0 Å². The average molecular weight is 242 g/mol.